The van der Waals surface area contributed by atoms with Crippen LogP contribution in [0.2, 0.25) is 0 Å². The van der Waals surface area contributed by atoms with Crippen molar-refractivity contribution in [3.8, 4) is 0 Å². The molecule has 2 aromatic carbocycles. The first-order valence-electron chi connectivity index (χ1n) is 6.42. The minimum absolute atomic E-state index is 1.11. The molecule has 0 saturated heterocycles. The van der Waals surface area contributed by atoms with Gasteiger partial charge in [-0.25, -0.2) is 0 Å². The van der Waals surface area contributed by atoms with Crippen molar-refractivity contribution in [1.29, 1.82) is 0 Å². The minimum atomic E-state index is 1.11. The Bertz CT molecular complexity index is 537. The van der Waals surface area contributed by atoms with Crippen LogP contribution < -0.4 is 0 Å². The Balaban J connectivity index is 0.000000574. The summed E-state index contributed by atoms with van der Waals surface area (Å²) >= 11 is 0. The minimum Gasteiger partial charge on any atom is -0.0905 e. The topological polar surface area (TPSA) is 0 Å². The van der Waals surface area contributed by atoms with Crippen LogP contribution in [-0.2, 0) is 0 Å². The highest BCUT2D eigenvalue weighted by Crippen LogP contribution is 2.31. The van der Waals surface area contributed by atoms with E-state index in [1.54, 1.807) is 0 Å². The molecule has 0 heteroatoms. The van der Waals surface area contributed by atoms with Crippen molar-refractivity contribution in [2.75, 3.05) is 0 Å². The molecule has 0 saturated carbocycles. The van der Waals surface area contributed by atoms with Crippen LogP contribution in [0.1, 0.15) is 36.1 Å². The van der Waals surface area contributed by atoms with Crippen LogP contribution in [0.3, 0.4) is 0 Å². The van der Waals surface area contributed by atoms with E-state index in [-0.39, 0.29) is 0 Å². The Hall–Kier alpha value is -2.08. The molecule has 90 valence electrons. The van der Waals surface area contributed by atoms with Crippen molar-refractivity contribution in [3.63, 3.8) is 0 Å². The van der Waals surface area contributed by atoms with Crippen LogP contribution >= 0.6 is 0 Å². The zero-order valence-corrected chi connectivity index (χ0v) is 11.0. The SMILES string of the molecule is C=C1c2ccccc2C=Cc2ccccc21.CC. The molecule has 2 aromatic rings. The normalized spacial score (nSPS) is 11.8. The predicted octanol–water partition coefficient (Wildman–Crippen LogP) is 5.26. The summed E-state index contributed by atoms with van der Waals surface area (Å²) in [6.45, 7) is 8.22. The zero-order chi connectivity index (χ0) is 13.0. The summed E-state index contributed by atoms with van der Waals surface area (Å²) in [7, 11) is 0. The van der Waals surface area contributed by atoms with Gasteiger partial charge in [0.15, 0.2) is 0 Å². The molecule has 3 rings (SSSR count). The van der Waals surface area contributed by atoms with Crippen LogP contribution in [0, 0.1) is 0 Å². The van der Waals surface area contributed by atoms with Crippen LogP contribution in [0.4, 0.5) is 0 Å². The Kier molecular flexibility index (Phi) is 3.78. The van der Waals surface area contributed by atoms with Gasteiger partial charge < -0.3 is 0 Å². The molecule has 0 unspecified atom stereocenters. The van der Waals surface area contributed by atoms with Crippen LogP contribution in [-0.4, -0.2) is 0 Å². The number of hydrogen-bond donors (Lipinski definition) is 0. The Labute approximate surface area is 109 Å². The average molecular weight is 234 g/mol. The lowest BCUT2D eigenvalue weighted by Gasteiger charge is -2.09. The van der Waals surface area contributed by atoms with Gasteiger partial charge in [-0.2, -0.15) is 0 Å². The first-order valence-corrected chi connectivity index (χ1v) is 6.42. The molecule has 0 atom stereocenters. The summed E-state index contributed by atoms with van der Waals surface area (Å²) < 4.78 is 0. The molecule has 18 heavy (non-hydrogen) atoms. The maximum absolute atomic E-state index is 4.22. The smallest absolute Gasteiger partial charge is 0.0111 e. The molecule has 0 N–H and O–H groups in total. The van der Waals surface area contributed by atoms with Gasteiger partial charge in [-0.1, -0.05) is 81.1 Å². The zero-order valence-electron chi connectivity index (χ0n) is 11.0. The second-order valence-electron chi connectivity index (χ2n) is 3.99. The Morgan fingerprint density at radius 2 is 1.06 bits per heavy atom. The summed E-state index contributed by atoms with van der Waals surface area (Å²) in [4.78, 5) is 0. The van der Waals surface area contributed by atoms with Crippen molar-refractivity contribution in [2.24, 2.45) is 0 Å². The first-order chi connectivity index (χ1) is 8.86. The summed E-state index contributed by atoms with van der Waals surface area (Å²) in [5.74, 6) is 0. The molecule has 0 nitrogen and oxygen atoms in total. The Morgan fingerprint density at radius 3 is 1.50 bits per heavy atom. The third-order valence-electron chi connectivity index (χ3n) is 3.01. The lowest BCUT2D eigenvalue weighted by Crippen LogP contribution is -1.89. The van der Waals surface area contributed by atoms with E-state index in [4.69, 9.17) is 0 Å². The van der Waals surface area contributed by atoms with E-state index in [1.165, 1.54) is 22.3 Å². The fraction of sp³-hybridized carbons (Fsp3) is 0.111. The molecular weight excluding hydrogens is 216 g/mol. The third-order valence-corrected chi connectivity index (χ3v) is 3.01. The summed E-state index contributed by atoms with van der Waals surface area (Å²) in [5, 5.41) is 0. The predicted molar refractivity (Wildman–Crippen MR) is 81.3 cm³/mol. The molecule has 1 aliphatic rings. The van der Waals surface area contributed by atoms with E-state index in [2.05, 4.69) is 67.3 Å². The van der Waals surface area contributed by atoms with Gasteiger partial charge in [0, 0.05) is 0 Å². The second kappa shape index (κ2) is 5.50. The molecule has 0 spiro atoms. The highest BCUT2D eigenvalue weighted by atomic mass is 14.1. The van der Waals surface area contributed by atoms with Gasteiger partial charge in [-0.3, -0.25) is 0 Å². The quantitative estimate of drug-likeness (QED) is 0.498. The van der Waals surface area contributed by atoms with Gasteiger partial charge in [0.05, 0.1) is 0 Å². The van der Waals surface area contributed by atoms with Crippen molar-refractivity contribution in [2.45, 2.75) is 13.8 Å². The number of hydrogen-bond acceptors (Lipinski definition) is 0. The van der Waals surface area contributed by atoms with Crippen molar-refractivity contribution < 1.29 is 0 Å². The molecule has 0 heterocycles. The fourth-order valence-corrected chi connectivity index (χ4v) is 2.16. The standard InChI is InChI=1S/C16H12.C2H6/c1-12-15-8-4-2-6-13(15)10-11-14-7-3-5-9-16(12)14;1-2/h2-11H,1H2;1-2H3. The van der Waals surface area contributed by atoms with E-state index >= 15 is 0 Å². The fourth-order valence-electron chi connectivity index (χ4n) is 2.16. The van der Waals surface area contributed by atoms with E-state index in [9.17, 15) is 0 Å². The molecular formula is C18H18. The third kappa shape index (κ3) is 2.14. The molecule has 0 amide bonds. The van der Waals surface area contributed by atoms with Gasteiger partial charge in [-0.15, -0.1) is 0 Å². The maximum atomic E-state index is 4.22. The van der Waals surface area contributed by atoms with Gasteiger partial charge in [0.1, 0.15) is 0 Å². The lowest BCUT2D eigenvalue weighted by molar-refractivity contribution is 1.50. The molecule has 0 radical (unpaired) electrons. The monoisotopic (exact) mass is 234 g/mol. The highest BCUT2D eigenvalue weighted by Gasteiger charge is 2.11. The molecule has 1 aliphatic carbocycles. The van der Waals surface area contributed by atoms with Crippen LogP contribution in [0.25, 0.3) is 17.7 Å². The van der Waals surface area contributed by atoms with E-state index in [0.717, 1.165) is 5.57 Å². The number of rotatable bonds is 0. The van der Waals surface area contributed by atoms with E-state index in [1.807, 2.05) is 13.8 Å². The van der Waals surface area contributed by atoms with Crippen LogP contribution in [0.15, 0.2) is 55.1 Å². The highest BCUT2D eigenvalue weighted by molar-refractivity contribution is 5.92. The maximum Gasteiger partial charge on any atom is -0.0111 e. The van der Waals surface area contributed by atoms with E-state index < -0.39 is 0 Å². The van der Waals surface area contributed by atoms with Gasteiger partial charge in [0.25, 0.3) is 0 Å². The largest absolute Gasteiger partial charge is 0.0905 e. The molecule has 0 fully saturated rings. The molecule has 0 aromatic heterocycles. The summed E-state index contributed by atoms with van der Waals surface area (Å²) in [5.41, 5.74) is 6.04. The first kappa shape index (κ1) is 12.4. The Morgan fingerprint density at radius 1 is 0.667 bits per heavy atom. The van der Waals surface area contributed by atoms with Gasteiger partial charge in [0.2, 0.25) is 0 Å². The molecule has 0 aliphatic heterocycles. The second-order valence-corrected chi connectivity index (χ2v) is 3.99. The van der Waals surface area contributed by atoms with Crippen molar-refractivity contribution >= 4 is 17.7 Å². The lowest BCUT2D eigenvalue weighted by atomic mass is 9.95. The number of benzene rings is 2. The summed E-state index contributed by atoms with van der Waals surface area (Å²) in [6, 6.07) is 16.8. The van der Waals surface area contributed by atoms with Gasteiger partial charge in [-0.05, 0) is 27.8 Å². The number of fused-ring (bicyclic) bond motifs is 2. The van der Waals surface area contributed by atoms with Crippen molar-refractivity contribution in [3.05, 3.63) is 77.4 Å². The average Bonchev–Trinajstić information content (AvgIpc) is 2.60. The van der Waals surface area contributed by atoms with Crippen molar-refractivity contribution in [1.82, 2.24) is 0 Å². The van der Waals surface area contributed by atoms with Crippen LogP contribution in [0.5, 0.6) is 0 Å². The van der Waals surface area contributed by atoms with Gasteiger partial charge >= 0.3 is 0 Å². The van der Waals surface area contributed by atoms with E-state index in [0.29, 0.717) is 0 Å². The summed E-state index contributed by atoms with van der Waals surface area (Å²) in [6.07, 6.45) is 4.32. The molecule has 0 bridgehead atoms.